The van der Waals surface area contributed by atoms with Gasteiger partial charge in [0.05, 0.1) is 5.56 Å². The van der Waals surface area contributed by atoms with Gasteiger partial charge in [0.1, 0.15) is 0 Å². The van der Waals surface area contributed by atoms with Crippen molar-refractivity contribution in [2.45, 2.75) is 52.4 Å². The number of aromatic carboxylic acids is 1. The largest absolute Gasteiger partial charge is 0.478 e. The zero-order valence-corrected chi connectivity index (χ0v) is 11.6. The standard InChI is InChI=1S/C15H22O2/c1-14(2,3)10-8-7-9-11(15(4,5)6)12(10)13(16)17/h7-9H,1-6H3,(H,16,17). The normalized spacial score (nSPS) is 12.6. The molecular formula is C15H22O2. The third kappa shape index (κ3) is 2.87. The van der Waals surface area contributed by atoms with E-state index in [-0.39, 0.29) is 10.8 Å². The lowest BCUT2D eigenvalue weighted by Gasteiger charge is -2.28. The highest BCUT2D eigenvalue weighted by Crippen LogP contribution is 2.33. The summed E-state index contributed by atoms with van der Waals surface area (Å²) in [5.41, 5.74) is 1.95. The Kier molecular flexibility index (Phi) is 3.37. The van der Waals surface area contributed by atoms with Crippen LogP contribution < -0.4 is 0 Å². The van der Waals surface area contributed by atoms with E-state index in [1.54, 1.807) is 0 Å². The Hall–Kier alpha value is -1.31. The Balaban J connectivity index is 3.61. The number of hydrogen-bond donors (Lipinski definition) is 1. The van der Waals surface area contributed by atoms with Gasteiger partial charge in [0.25, 0.3) is 0 Å². The highest BCUT2D eigenvalue weighted by atomic mass is 16.4. The molecule has 0 fully saturated rings. The average Bonchev–Trinajstić information content (AvgIpc) is 2.13. The molecule has 0 bridgehead atoms. The lowest BCUT2D eigenvalue weighted by molar-refractivity contribution is 0.0691. The monoisotopic (exact) mass is 234 g/mol. The summed E-state index contributed by atoms with van der Waals surface area (Å²) in [5, 5.41) is 9.47. The SMILES string of the molecule is CC(C)(C)c1cccc(C(C)(C)C)c1C(=O)O. The summed E-state index contributed by atoms with van der Waals surface area (Å²) in [5.74, 6) is -0.833. The predicted molar refractivity (Wildman–Crippen MR) is 70.8 cm³/mol. The van der Waals surface area contributed by atoms with Crippen LogP contribution in [0.1, 0.15) is 63.0 Å². The third-order valence-electron chi connectivity index (χ3n) is 2.89. The molecule has 0 saturated carbocycles. The quantitative estimate of drug-likeness (QED) is 0.798. The van der Waals surface area contributed by atoms with Crippen LogP contribution in [-0.2, 0) is 10.8 Å². The second kappa shape index (κ2) is 4.17. The summed E-state index contributed by atoms with van der Waals surface area (Å²) in [6.07, 6.45) is 0. The van der Waals surface area contributed by atoms with Crippen molar-refractivity contribution >= 4 is 5.97 Å². The molecule has 0 aromatic heterocycles. The summed E-state index contributed by atoms with van der Waals surface area (Å²) in [4.78, 5) is 11.5. The van der Waals surface area contributed by atoms with E-state index < -0.39 is 5.97 Å². The van der Waals surface area contributed by atoms with Crippen molar-refractivity contribution < 1.29 is 9.90 Å². The predicted octanol–water partition coefficient (Wildman–Crippen LogP) is 3.98. The minimum absolute atomic E-state index is 0.158. The Morgan fingerprint density at radius 2 is 1.29 bits per heavy atom. The van der Waals surface area contributed by atoms with Crippen LogP contribution in [0, 0.1) is 0 Å². The second-order valence-electron chi connectivity index (χ2n) is 6.53. The van der Waals surface area contributed by atoms with Gasteiger partial charge in [-0.2, -0.15) is 0 Å². The first-order valence-electron chi connectivity index (χ1n) is 5.92. The van der Waals surface area contributed by atoms with Crippen LogP contribution in [0.4, 0.5) is 0 Å². The highest BCUT2D eigenvalue weighted by molar-refractivity contribution is 5.92. The van der Waals surface area contributed by atoms with E-state index >= 15 is 0 Å². The summed E-state index contributed by atoms with van der Waals surface area (Å²) in [6.45, 7) is 12.3. The van der Waals surface area contributed by atoms with Crippen molar-refractivity contribution in [3.63, 3.8) is 0 Å². The number of carboxylic acid groups (broad SMARTS) is 1. The van der Waals surface area contributed by atoms with Crippen molar-refractivity contribution in [3.05, 3.63) is 34.9 Å². The fraction of sp³-hybridized carbons (Fsp3) is 0.533. The van der Waals surface area contributed by atoms with E-state index in [9.17, 15) is 9.90 Å². The molecule has 94 valence electrons. The smallest absolute Gasteiger partial charge is 0.336 e. The number of carbonyl (C=O) groups is 1. The van der Waals surface area contributed by atoms with E-state index in [0.717, 1.165) is 11.1 Å². The molecule has 0 heterocycles. The molecule has 0 amide bonds. The van der Waals surface area contributed by atoms with Crippen LogP contribution >= 0.6 is 0 Å². The third-order valence-corrected chi connectivity index (χ3v) is 2.89. The molecule has 0 aliphatic heterocycles. The minimum atomic E-state index is -0.833. The van der Waals surface area contributed by atoms with Gasteiger partial charge in [0, 0.05) is 0 Å². The van der Waals surface area contributed by atoms with Gasteiger partial charge in [0.2, 0.25) is 0 Å². The summed E-state index contributed by atoms with van der Waals surface area (Å²) < 4.78 is 0. The van der Waals surface area contributed by atoms with Crippen molar-refractivity contribution in [1.29, 1.82) is 0 Å². The van der Waals surface area contributed by atoms with Gasteiger partial charge in [0.15, 0.2) is 0 Å². The molecule has 1 aromatic rings. The number of rotatable bonds is 1. The van der Waals surface area contributed by atoms with Gasteiger partial charge >= 0.3 is 5.97 Å². The molecule has 0 unspecified atom stereocenters. The Morgan fingerprint density at radius 1 is 0.941 bits per heavy atom. The van der Waals surface area contributed by atoms with Crippen LogP contribution in [0.2, 0.25) is 0 Å². The summed E-state index contributed by atoms with van der Waals surface area (Å²) >= 11 is 0. The van der Waals surface area contributed by atoms with Crippen molar-refractivity contribution in [1.82, 2.24) is 0 Å². The second-order valence-corrected chi connectivity index (χ2v) is 6.53. The topological polar surface area (TPSA) is 37.3 Å². The van der Waals surface area contributed by atoms with Crippen molar-refractivity contribution in [3.8, 4) is 0 Å². The zero-order chi connectivity index (χ0) is 13.4. The molecule has 0 aliphatic rings. The number of hydrogen-bond acceptors (Lipinski definition) is 1. The first kappa shape index (κ1) is 13.8. The van der Waals surface area contributed by atoms with Crippen LogP contribution in [0.25, 0.3) is 0 Å². The number of carboxylic acids is 1. The maximum Gasteiger partial charge on any atom is 0.336 e. The van der Waals surface area contributed by atoms with Gasteiger partial charge in [-0.25, -0.2) is 4.79 Å². The summed E-state index contributed by atoms with van der Waals surface area (Å²) in [6, 6.07) is 5.78. The fourth-order valence-electron chi connectivity index (χ4n) is 2.03. The molecule has 0 radical (unpaired) electrons. The van der Waals surface area contributed by atoms with Crippen LogP contribution in [0.15, 0.2) is 18.2 Å². The van der Waals surface area contributed by atoms with E-state index in [2.05, 4.69) is 0 Å². The van der Waals surface area contributed by atoms with Crippen LogP contribution in [0.3, 0.4) is 0 Å². The van der Waals surface area contributed by atoms with Crippen molar-refractivity contribution in [2.24, 2.45) is 0 Å². The molecule has 1 N–H and O–H groups in total. The summed E-state index contributed by atoms with van der Waals surface area (Å²) in [7, 11) is 0. The van der Waals surface area contributed by atoms with E-state index in [1.807, 2.05) is 59.7 Å². The van der Waals surface area contributed by atoms with Crippen molar-refractivity contribution in [2.75, 3.05) is 0 Å². The van der Waals surface area contributed by atoms with Gasteiger partial charge in [-0.1, -0.05) is 59.7 Å². The lowest BCUT2D eigenvalue weighted by Crippen LogP contribution is -2.23. The lowest BCUT2D eigenvalue weighted by atomic mass is 9.76. The highest BCUT2D eigenvalue weighted by Gasteiger charge is 2.28. The maximum absolute atomic E-state index is 11.5. The van der Waals surface area contributed by atoms with Gasteiger partial charge in [-0.05, 0) is 22.0 Å². The first-order chi connectivity index (χ1) is 7.55. The Morgan fingerprint density at radius 3 is 1.53 bits per heavy atom. The molecule has 0 spiro atoms. The number of benzene rings is 1. The zero-order valence-electron chi connectivity index (χ0n) is 11.6. The molecule has 17 heavy (non-hydrogen) atoms. The van der Waals surface area contributed by atoms with E-state index in [4.69, 9.17) is 0 Å². The van der Waals surface area contributed by atoms with E-state index in [0.29, 0.717) is 5.56 Å². The fourth-order valence-corrected chi connectivity index (χ4v) is 2.03. The Labute approximate surface area is 104 Å². The molecule has 0 aliphatic carbocycles. The minimum Gasteiger partial charge on any atom is -0.478 e. The molecule has 0 saturated heterocycles. The van der Waals surface area contributed by atoms with Gasteiger partial charge in [-0.15, -0.1) is 0 Å². The van der Waals surface area contributed by atoms with E-state index in [1.165, 1.54) is 0 Å². The molecule has 2 heteroatoms. The van der Waals surface area contributed by atoms with Crippen LogP contribution in [-0.4, -0.2) is 11.1 Å². The molecule has 1 aromatic carbocycles. The first-order valence-corrected chi connectivity index (χ1v) is 5.92. The molecule has 1 rings (SSSR count). The Bertz CT molecular complexity index is 399. The van der Waals surface area contributed by atoms with Gasteiger partial charge in [-0.3, -0.25) is 0 Å². The maximum atomic E-state index is 11.5. The molecule has 0 atom stereocenters. The van der Waals surface area contributed by atoms with Gasteiger partial charge < -0.3 is 5.11 Å². The van der Waals surface area contributed by atoms with Crippen LogP contribution in [0.5, 0.6) is 0 Å². The average molecular weight is 234 g/mol. The molecule has 2 nitrogen and oxygen atoms in total. The molecular weight excluding hydrogens is 212 g/mol.